The summed E-state index contributed by atoms with van der Waals surface area (Å²) < 4.78 is 5.12. The number of aromatic nitrogens is 3. The zero-order valence-corrected chi connectivity index (χ0v) is 13.7. The van der Waals surface area contributed by atoms with E-state index < -0.39 is 0 Å². The molecule has 0 aliphatic heterocycles. The molecule has 22 heavy (non-hydrogen) atoms. The molecule has 7 heteroatoms. The zero-order valence-electron chi connectivity index (χ0n) is 12.9. The van der Waals surface area contributed by atoms with Gasteiger partial charge in [-0.2, -0.15) is 10.1 Å². The molecule has 0 fully saturated rings. The summed E-state index contributed by atoms with van der Waals surface area (Å²) in [6.45, 7) is 5.21. The maximum Gasteiger partial charge on any atom is 0.249 e. The molecule has 0 bridgehead atoms. The Kier molecular flexibility index (Phi) is 5.77. The van der Waals surface area contributed by atoms with Gasteiger partial charge in [-0.3, -0.25) is 0 Å². The molecule has 1 aromatic carbocycles. The highest BCUT2D eigenvalue weighted by Gasteiger charge is 2.05. The van der Waals surface area contributed by atoms with Crippen LogP contribution in [0.25, 0.3) is 0 Å². The molecular weight excluding hydrogens is 302 g/mol. The summed E-state index contributed by atoms with van der Waals surface area (Å²) in [4.78, 5) is 4.37. The molecule has 0 atom stereocenters. The summed E-state index contributed by atoms with van der Waals surface area (Å²) in [5, 5.41) is 14.7. The Hall–Kier alpha value is -2.08. The summed E-state index contributed by atoms with van der Waals surface area (Å²) in [6.07, 6.45) is 2.67. The average Bonchev–Trinajstić information content (AvgIpc) is 2.47. The van der Waals surface area contributed by atoms with Crippen molar-refractivity contribution >= 4 is 29.1 Å². The van der Waals surface area contributed by atoms with Crippen molar-refractivity contribution in [2.24, 2.45) is 5.92 Å². The molecule has 0 amide bonds. The number of nitrogens with zero attached hydrogens (tertiary/aromatic N) is 3. The number of nitrogens with one attached hydrogen (secondary N) is 2. The molecule has 1 aromatic heterocycles. The lowest BCUT2D eigenvalue weighted by Crippen LogP contribution is -2.08. The molecule has 0 saturated carbocycles. The Morgan fingerprint density at radius 3 is 2.82 bits per heavy atom. The molecule has 0 spiro atoms. The maximum absolute atomic E-state index is 6.09. The second-order valence-electron chi connectivity index (χ2n) is 5.25. The summed E-state index contributed by atoms with van der Waals surface area (Å²) in [5.74, 6) is 2.37. The first-order valence-corrected chi connectivity index (χ1v) is 7.50. The van der Waals surface area contributed by atoms with Crippen molar-refractivity contribution in [1.29, 1.82) is 0 Å². The number of halogens is 1. The lowest BCUT2D eigenvalue weighted by molar-refractivity contribution is 0.415. The smallest absolute Gasteiger partial charge is 0.249 e. The topological polar surface area (TPSA) is 72.0 Å². The van der Waals surface area contributed by atoms with Crippen molar-refractivity contribution in [2.75, 3.05) is 24.3 Å². The van der Waals surface area contributed by atoms with E-state index in [1.54, 1.807) is 25.4 Å². The van der Waals surface area contributed by atoms with Crippen molar-refractivity contribution in [3.05, 3.63) is 29.4 Å². The van der Waals surface area contributed by atoms with Crippen LogP contribution < -0.4 is 15.4 Å². The van der Waals surface area contributed by atoms with Crippen LogP contribution in [0.5, 0.6) is 5.75 Å². The third-order valence-electron chi connectivity index (χ3n) is 2.99. The van der Waals surface area contributed by atoms with Gasteiger partial charge in [-0.15, -0.1) is 5.10 Å². The van der Waals surface area contributed by atoms with Crippen molar-refractivity contribution in [3.8, 4) is 5.75 Å². The number of rotatable bonds is 7. The first-order valence-electron chi connectivity index (χ1n) is 7.12. The van der Waals surface area contributed by atoms with Gasteiger partial charge in [0.15, 0.2) is 5.82 Å². The zero-order chi connectivity index (χ0) is 15.9. The second kappa shape index (κ2) is 7.79. The predicted octanol–water partition coefficient (Wildman–Crippen LogP) is 3.74. The lowest BCUT2D eigenvalue weighted by Gasteiger charge is -2.09. The molecule has 2 N–H and O–H groups in total. The molecule has 0 saturated heterocycles. The minimum atomic E-state index is 0.413. The third kappa shape index (κ3) is 4.73. The Morgan fingerprint density at radius 1 is 1.32 bits per heavy atom. The van der Waals surface area contributed by atoms with Gasteiger partial charge in [0, 0.05) is 12.2 Å². The Labute approximate surface area is 135 Å². The van der Waals surface area contributed by atoms with Crippen LogP contribution in [0.3, 0.4) is 0 Å². The standard InChI is InChI=1S/C15H20ClN5O/c1-10(2)6-7-17-14-9-18-21-15(20-14)19-11-4-5-13(22-3)12(16)8-11/h4-5,8-10H,6-7H2,1-3H3,(H2,17,19,20,21). The van der Waals surface area contributed by atoms with Crippen molar-refractivity contribution in [3.63, 3.8) is 0 Å². The van der Waals surface area contributed by atoms with Crippen LogP contribution in [-0.2, 0) is 0 Å². The molecule has 0 aliphatic carbocycles. The normalized spacial score (nSPS) is 10.6. The van der Waals surface area contributed by atoms with Gasteiger partial charge in [-0.1, -0.05) is 25.4 Å². The van der Waals surface area contributed by atoms with Gasteiger partial charge in [0.25, 0.3) is 0 Å². The highest BCUT2D eigenvalue weighted by atomic mass is 35.5. The lowest BCUT2D eigenvalue weighted by atomic mass is 10.1. The maximum atomic E-state index is 6.09. The molecule has 2 rings (SSSR count). The number of ether oxygens (including phenoxy) is 1. The molecule has 0 radical (unpaired) electrons. The van der Waals surface area contributed by atoms with Crippen molar-refractivity contribution < 1.29 is 4.74 Å². The molecule has 0 unspecified atom stereocenters. The monoisotopic (exact) mass is 321 g/mol. The Morgan fingerprint density at radius 2 is 2.14 bits per heavy atom. The average molecular weight is 322 g/mol. The van der Waals surface area contributed by atoms with Crippen LogP contribution in [-0.4, -0.2) is 28.8 Å². The molecular formula is C15H20ClN5O. The van der Waals surface area contributed by atoms with Crippen molar-refractivity contribution in [1.82, 2.24) is 15.2 Å². The molecule has 1 heterocycles. The van der Waals surface area contributed by atoms with Crippen LogP contribution >= 0.6 is 11.6 Å². The van der Waals surface area contributed by atoms with Gasteiger partial charge in [-0.05, 0) is 30.5 Å². The van der Waals surface area contributed by atoms with Crippen LogP contribution in [0.2, 0.25) is 5.02 Å². The quantitative estimate of drug-likeness (QED) is 0.809. The second-order valence-corrected chi connectivity index (χ2v) is 5.66. The van der Waals surface area contributed by atoms with E-state index in [2.05, 4.69) is 39.7 Å². The first-order chi connectivity index (χ1) is 10.6. The first kappa shape index (κ1) is 16.3. The van der Waals surface area contributed by atoms with Gasteiger partial charge < -0.3 is 15.4 Å². The third-order valence-corrected chi connectivity index (χ3v) is 3.29. The van der Waals surface area contributed by atoms with E-state index in [4.69, 9.17) is 16.3 Å². The minimum absolute atomic E-state index is 0.413. The van der Waals surface area contributed by atoms with Crippen LogP contribution in [0, 0.1) is 5.92 Å². The van der Waals surface area contributed by atoms with Gasteiger partial charge in [0.05, 0.1) is 18.3 Å². The van der Waals surface area contributed by atoms with Gasteiger partial charge in [0.2, 0.25) is 5.95 Å². The minimum Gasteiger partial charge on any atom is -0.495 e. The largest absolute Gasteiger partial charge is 0.495 e. The Balaban J connectivity index is 2.02. The van der Waals surface area contributed by atoms with E-state index in [0.717, 1.165) is 18.7 Å². The molecule has 6 nitrogen and oxygen atoms in total. The molecule has 0 aliphatic rings. The Bertz CT molecular complexity index is 621. The van der Waals surface area contributed by atoms with E-state index in [0.29, 0.717) is 28.5 Å². The summed E-state index contributed by atoms with van der Waals surface area (Å²) in [7, 11) is 1.58. The fourth-order valence-corrected chi connectivity index (χ4v) is 2.06. The summed E-state index contributed by atoms with van der Waals surface area (Å²) in [6, 6.07) is 5.37. The fourth-order valence-electron chi connectivity index (χ4n) is 1.80. The number of anilines is 3. The highest BCUT2D eigenvalue weighted by Crippen LogP contribution is 2.28. The van der Waals surface area contributed by atoms with E-state index in [1.165, 1.54) is 0 Å². The van der Waals surface area contributed by atoms with E-state index in [1.807, 2.05) is 6.07 Å². The summed E-state index contributed by atoms with van der Waals surface area (Å²) in [5.41, 5.74) is 0.770. The molecule has 118 valence electrons. The fraction of sp³-hybridized carbons (Fsp3) is 0.400. The van der Waals surface area contributed by atoms with Crippen LogP contribution in [0.4, 0.5) is 17.5 Å². The molecule has 2 aromatic rings. The van der Waals surface area contributed by atoms with Crippen LogP contribution in [0.1, 0.15) is 20.3 Å². The number of methoxy groups -OCH3 is 1. The predicted molar refractivity (Wildman–Crippen MR) is 89.1 cm³/mol. The van der Waals surface area contributed by atoms with Crippen LogP contribution in [0.15, 0.2) is 24.4 Å². The number of hydrogen-bond acceptors (Lipinski definition) is 6. The van der Waals surface area contributed by atoms with Gasteiger partial charge in [-0.25, -0.2) is 0 Å². The van der Waals surface area contributed by atoms with E-state index >= 15 is 0 Å². The van der Waals surface area contributed by atoms with Gasteiger partial charge >= 0.3 is 0 Å². The van der Waals surface area contributed by atoms with Gasteiger partial charge in [0.1, 0.15) is 5.75 Å². The van der Waals surface area contributed by atoms with Crippen molar-refractivity contribution in [2.45, 2.75) is 20.3 Å². The number of benzene rings is 1. The van der Waals surface area contributed by atoms with E-state index in [-0.39, 0.29) is 0 Å². The highest BCUT2D eigenvalue weighted by molar-refractivity contribution is 6.32. The number of hydrogen-bond donors (Lipinski definition) is 2. The van der Waals surface area contributed by atoms with E-state index in [9.17, 15) is 0 Å². The summed E-state index contributed by atoms with van der Waals surface area (Å²) >= 11 is 6.09. The SMILES string of the molecule is COc1ccc(Nc2nncc(NCCC(C)C)n2)cc1Cl.